The summed E-state index contributed by atoms with van der Waals surface area (Å²) in [5.74, 6) is -0.644. The summed E-state index contributed by atoms with van der Waals surface area (Å²) in [5, 5.41) is 12.8. The number of rotatable bonds is 7. The van der Waals surface area contributed by atoms with Gasteiger partial charge in [-0.25, -0.2) is 4.79 Å². The molecule has 126 valence electrons. The largest absolute Gasteiger partial charge is 0.443 e. The van der Waals surface area contributed by atoms with E-state index < -0.39 is 24.2 Å². The number of benzene rings is 1. The van der Waals surface area contributed by atoms with Crippen molar-refractivity contribution in [3.8, 4) is 0 Å². The molecule has 2 atom stereocenters. The molecular formula is C17H19N3O4. The Bertz CT molecular complexity index is 664. The summed E-state index contributed by atoms with van der Waals surface area (Å²) < 4.78 is 4.89. The minimum Gasteiger partial charge on any atom is -0.443 e. The standard InChI is InChI=1S/C17H19N3O4/c18-17(23)24-14(9-13-7-4-8-19-10-13)15(21)16(22)20-11-12-5-2-1-3-6-12/h1-8,10,14-15,21H,9,11H2,(H2,18,23)(H,20,22)/t14-,15?/m0/s1. The zero-order chi connectivity index (χ0) is 17.4. The number of nitrogens with two attached hydrogens (primary N) is 1. The highest BCUT2D eigenvalue weighted by molar-refractivity contribution is 5.81. The maximum absolute atomic E-state index is 12.1. The van der Waals surface area contributed by atoms with Crippen molar-refractivity contribution >= 4 is 12.0 Å². The predicted octanol–water partition coefficient (Wildman–Crippen LogP) is 0.765. The van der Waals surface area contributed by atoms with Gasteiger partial charge in [-0.1, -0.05) is 36.4 Å². The van der Waals surface area contributed by atoms with Crippen LogP contribution in [0.1, 0.15) is 11.1 Å². The van der Waals surface area contributed by atoms with Gasteiger partial charge in [-0.3, -0.25) is 9.78 Å². The molecule has 1 aromatic heterocycles. The average Bonchev–Trinajstić information content (AvgIpc) is 2.60. The number of carbonyl (C=O) groups excluding carboxylic acids is 2. The minimum atomic E-state index is -1.54. The highest BCUT2D eigenvalue weighted by Crippen LogP contribution is 2.10. The molecule has 2 aromatic rings. The molecule has 0 saturated heterocycles. The summed E-state index contributed by atoms with van der Waals surface area (Å²) in [6, 6.07) is 12.7. The molecule has 0 aliphatic heterocycles. The fourth-order valence-corrected chi connectivity index (χ4v) is 2.18. The first-order chi connectivity index (χ1) is 11.6. The molecule has 7 nitrogen and oxygen atoms in total. The van der Waals surface area contributed by atoms with Crippen LogP contribution in [0.4, 0.5) is 4.79 Å². The Kier molecular flexibility index (Phi) is 6.27. The van der Waals surface area contributed by atoms with E-state index in [-0.39, 0.29) is 13.0 Å². The van der Waals surface area contributed by atoms with E-state index in [1.165, 1.54) is 0 Å². The number of nitrogens with zero attached hydrogens (tertiary/aromatic N) is 1. The first kappa shape index (κ1) is 17.4. The van der Waals surface area contributed by atoms with E-state index >= 15 is 0 Å². The van der Waals surface area contributed by atoms with Gasteiger partial charge >= 0.3 is 6.09 Å². The molecule has 0 aliphatic rings. The number of aromatic nitrogens is 1. The number of aliphatic hydroxyl groups is 1. The fraction of sp³-hybridized carbons (Fsp3) is 0.235. The molecule has 4 N–H and O–H groups in total. The van der Waals surface area contributed by atoms with Crippen LogP contribution in [0, 0.1) is 0 Å². The van der Waals surface area contributed by atoms with Gasteiger partial charge in [0.15, 0.2) is 6.10 Å². The van der Waals surface area contributed by atoms with E-state index in [0.717, 1.165) is 5.56 Å². The number of ether oxygens (including phenoxy) is 1. The van der Waals surface area contributed by atoms with Crippen molar-refractivity contribution in [2.75, 3.05) is 0 Å². The molecule has 0 radical (unpaired) electrons. The number of hydrogen-bond donors (Lipinski definition) is 3. The lowest BCUT2D eigenvalue weighted by atomic mass is 10.0. The Labute approximate surface area is 139 Å². The summed E-state index contributed by atoms with van der Waals surface area (Å²) in [6.07, 6.45) is -0.415. The summed E-state index contributed by atoms with van der Waals surface area (Å²) >= 11 is 0. The molecule has 24 heavy (non-hydrogen) atoms. The molecule has 1 unspecified atom stereocenters. The molecule has 1 aromatic carbocycles. The van der Waals surface area contributed by atoms with Crippen molar-refractivity contribution in [3.63, 3.8) is 0 Å². The zero-order valence-corrected chi connectivity index (χ0v) is 13.0. The van der Waals surface area contributed by atoms with Gasteiger partial charge in [-0.2, -0.15) is 0 Å². The Morgan fingerprint density at radius 1 is 1.17 bits per heavy atom. The molecule has 0 bridgehead atoms. The van der Waals surface area contributed by atoms with Gasteiger partial charge in [0.25, 0.3) is 5.91 Å². The number of nitrogens with one attached hydrogen (secondary N) is 1. The fourth-order valence-electron chi connectivity index (χ4n) is 2.18. The monoisotopic (exact) mass is 329 g/mol. The van der Waals surface area contributed by atoms with E-state index in [4.69, 9.17) is 10.5 Å². The molecule has 2 rings (SSSR count). The Balaban J connectivity index is 1.99. The molecule has 0 aliphatic carbocycles. The maximum Gasteiger partial charge on any atom is 0.404 e. The normalized spacial score (nSPS) is 12.9. The van der Waals surface area contributed by atoms with Gasteiger partial charge < -0.3 is 20.9 Å². The van der Waals surface area contributed by atoms with Gasteiger partial charge in [0.2, 0.25) is 0 Å². The van der Waals surface area contributed by atoms with Crippen molar-refractivity contribution in [2.45, 2.75) is 25.2 Å². The lowest BCUT2D eigenvalue weighted by Crippen LogP contribution is -2.45. The van der Waals surface area contributed by atoms with Crippen LogP contribution in [0.15, 0.2) is 54.9 Å². The van der Waals surface area contributed by atoms with Crippen molar-refractivity contribution in [1.82, 2.24) is 10.3 Å². The lowest BCUT2D eigenvalue weighted by Gasteiger charge is -2.21. The van der Waals surface area contributed by atoms with Crippen molar-refractivity contribution in [1.29, 1.82) is 0 Å². The first-order valence-electron chi connectivity index (χ1n) is 7.41. The molecule has 7 heteroatoms. The molecule has 0 fully saturated rings. The van der Waals surface area contributed by atoms with Crippen LogP contribution in [-0.2, 0) is 22.5 Å². The van der Waals surface area contributed by atoms with E-state index in [0.29, 0.717) is 5.56 Å². The van der Waals surface area contributed by atoms with Crippen molar-refractivity contribution in [3.05, 3.63) is 66.0 Å². The SMILES string of the molecule is NC(=O)O[C@@H](Cc1cccnc1)C(O)C(=O)NCc1ccccc1. The van der Waals surface area contributed by atoms with Crippen LogP contribution < -0.4 is 11.1 Å². The van der Waals surface area contributed by atoms with Crippen LogP contribution in [0.25, 0.3) is 0 Å². The quantitative estimate of drug-likeness (QED) is 0.694. The topological polar surface area (TPSA) is 115 Å². The second kappa shape index (κ2) is 8.64. The number of primary amides is 1. The average molecular weight is 329 g/mol. The maximum atomic E-state index is 12.1. The highest BCUT2D eigenvalue weighted by atomic mass is 16.6. The van der Waals surface area contributed by atoms with Crippen molar-refractivity contribution < 1.29 is 19.4 Å². The van der Waals surface area contributed by atoms with Crippen LogP contribution in [0.3, 0.4) is 0 Å². The van der Waals surface area contributed by atoms with Crippen LogP contribution in [-0.4, -0.2) is 34.3 Å². The van der Waals surface area contributed by atoms with Gasteiger partial charge in [0, 0.05) is 25.4 Å². The minimum absolute atomic E-state index is 0.122. The third kappa shape index (κ3) is 5.36. The summed E-state index contributed by atoms with van der Waals surface area (Å²) in [7, 11) is 0. The predicted molar refractivity (Wildman–Crippen MR) is 86.7 cm³/mol. The van der Waals surface area contributed by atoms with Gasteiger partial charge in [-0.05, 0) is 17.2 Å². The number of hydrogen-bond acceptors (Lipinski definition) is 5. The van der Waals surface area contributed by atoms with Gasteiger partial charge in [0.1, 0.15) is 6.10 Å². The second-order valence-corrected chi connectivity index (χ2v) is 5.19. The zero-order valence-electron chi connectivity index (χ0n) is 13.0. The summed E-state index contributed by atoms with van der Waals surface area (Å²) in [4.78, 5) is 27.1. The van der Waals surface area contributed by atoms with E-state index in [9.17, 15) is 14.7 Å². The smallest absolute Gasteiger partial charge is 0.404 e. The third-order valence-corrected chi connectivity index (χ3v) is 3.36. The Morgan fingerprint density at radius 3 is 2.50 bits per heavy atom. The first-order valence-corrected chi connectivity index (χ1v) is 7.41. The number of pyridine rings is 1. The second-order valence-electron chi connectivity index (χ2n) is 5.19. The number of carbonyl (C=O) groups is 2. The summed E-state index contributed by atoms with van der Waals surface area (Å²) in [6.45, 7) is 0.257. The van der Waals surface area contributed by atoms with E-state index in [2.05, 4.69) is 10.3 Å². The van der Waals surface area contributed by atoms with E-state index in [1.807, 2.05) is 30.3 Å². The van der Waals surface area contributed by atoms with Crippen LogP contribution >= 0.6 is 0 Å². The van der Waals surface area contributed by atoms with Gasteiger partial charge in [0.05, 0.1) is 0 Å². The highest BCUT2D eigenvalue weighted by Gasteiger charge is 2.29. The Morgan fingerprint density at radius 2 is 1.88 bits per heavy atom. The number of aliphatic hydroxyl groups excluding tert-OH is 1. The van der Waals surface area contributed by atoms with Crippen molar-refractivity contribution in [2.24, 2.45) is 5.73 Å². The molecule has 2 amide bonds. The van der Waals surface area contributed by atoms with Gasteiger partial charge in [-0.15, -0.1) is 0 Å². The summed E-state index contributed by atoms with van der Waals surface area (Å²) in [5.41, 5.74) is 6.62. The van der Waals surface area contributed by atoms with Crippen LogP contribution in [0.2, 0.25) is 0 Å². The van der Waals surface area contributed by atoms with Crippen LogP contribution in [0.5, 0.6) is 0 Å². The Hall–Kier alpha value is -2.93. The third-order valence-electron chi connectivity index (χ3n) is 3.36. The molecule has 1 heterocycles. The lowest BCUT2D eigenvalue weighted by molar-refractivity contribution is -0.135. The number of amides is 2. The molecular weight excluding hydrogens is 310 g/mol. The molecule has 0 saturated carbocycles. The molecule has 0 spiro atoms. The van der Waals surface area contributed by atoms with E-state index in [1.54, 1.807) is 24.5 Å².